The summed E-state index contributed by atoms with van der Waals surface area (Å²) >= 11 is 2.03. The van der Waals surface area contributed by atoms with E-state index in [1.165, 1.54) is 42.3 Å². The first kappa shape index (κ1) is 18.5. The first-order valence-electron chi connectivity index (χ1n) is 9.62. The van der Waals surface area contributed by atoms with Gasteiger partial charge in [0.2, 0.25) is 5.91 Å². The number of rotatable bonds is 6. The quantitative estimate of drug-likeness (QED) is 0.814. The number of anilines is 1. The Hall–Kier alpha value is -1.85. The molecule has 2 fully saturated rings. The molecule has 0 aromatic heterocycles. The first-order chi connectivity index (χ1) is 13.2. The van der Waals surface area contributed by atoms with Gasteiger partial charge < -0.3 is 10.2 Å². The Morgan fingerprint density at radius 3 is 2.33 bits per heavy atom. The summed E-state index contributed by atoms with van der Waals surface area (Å²) < 4.78 is 13.2. The van der Waals surface area contributed by atoms with Crippen LogP contribution < -0.4 is 5.32 Å². The van der Waals surface area contributed by atoms with E-state index in [-0.39, 0.29) is 11.7 Å². The normalized spacial score (nSPS) is 18.9. The molecule has 2 aliphatic rings. The number of halogens is 1. The van der Waals surface area contributed by atoms with Gasteiger partial charge in [-0.05, 0) is 54.7 Å². The smallest absolute Gasteiger partial charge is 0.235 e. The van der Waals surface area contributed by atoms with Gasteiger partial charge in [0.25, 0.3) is 0 Å². The van der Waals surface area contributed by atoms with Crippen LogP contribution in [0.1, 0.15) is 24.0 Å². The molecule has 2 aromatic carbocycles. The summed E-state index contributed by atoms with van der Waals surface area (Å²) in [5.74, 6) is 2.21. The third-order valence-electron chi connectivity index (χ3n) is 5.61. The zero-order valence-electron chi connectivity index (χ0n) is 15.4. The summed E-state index contributed by atoms with van der Waals surface area (Å²) in [5.41, 5.74) is 2.54. The highest BCUT2D eigenvalue weighted by atomic mass is 32.2. The maximum atomic E-state index is 13.2. The van der Waals surface area contributed by atoms with Crippen LogP contribution in [0.3, 0.4) is 0 Å². The van der Waals surface area contributed by atoms with Crippen molar-refractivity contribution in [1.29, 1.82) is 0 Å². The van der Waals surface area contributed by atoms with Crippen LogP contribution in [0, 0.1) is 5.82 Å². The van der Waals surface area contributed by atoms with E-state index in [9.17, 15) is 9.18 Å². The molecule has 1 aliphatic carbocycles. The number of carbonyl (C=O) groups excluding carboxylic acids is 1. The molecule has 1 N–H and O–H groups in total. The Morgan fingerprint density at radius 2 is 1.70 bits per heavy atom. The van der Waals surface area contributed by atoms with Crippen molar-refractivity contribution in [3.8, 4) is 0 Å². The molecule has 27 heavy (non-hydrogen) atoms. The van der Waals surface area contributed by atoms with E-state index >= 15 is 0 Å². The minimum Gasteiger partial charge on any atom is -0.325 e. The van der Waals surface area contributed by atoms with Gasteiger partial charge in [-0.1, -0.05) is 24.3 Å². The number of amides is 1. The average Bonchev–Trinajstić information content (AvgIpc) is 3.51. The lowest BCUT2D eigenvalue weighted by Crippen LogP contribution is -2.34. The molecule has 0 unspecified atom stereocenters. The molecule has 2 aromatic rings. The molecule has 142 valence electrons. The molecular formula is C22H25FN2OS. The van der Waals surface area contributed by atoms with Crippen LogP contribution in [0.25, 0.3) is 0 Å². The molecule has 0 radical (unpaired) electrons. The highest BCUT2D eigenvalue weighted by molar-refractivity contribution is 7.99. The zero-order chi connectivity index (χ0) is 18.7. The van der Waals surface area contributed by atoms with E-state index in [2.05, 4.69) is 22.3 Å². The van der Waals surface area contributed by atoms with Crippen molar-refractivity contribution in [1.82, 2.24) is 4.90 Å². The van der Waals surface area contributed by atoms with Crippen LogP contribution >= 0.6 is 11.8 Å². The molecule has 0 spiro atoms. The second-order valence-corrected chi connectivity index (χ2v) is 8.67. The maximum absolute atomic E-state index is 13.2. The summed E-state index contributed by atoms with van der Waals surface area (Å²) in [6.07, 6.45) is 2.67. The molecule has 1 aliphatic heterocycles. The largest absolute Gasteiger partial charge is 0.325 e. The molecule has 5 heteroatoms. The molecule has 1 saturated heterocycles. The number of hydrogen-bond acceptors (Lipinski definition) is 3. The van der Waals surface area contributed by atoms with Crippen LogP contribution in [-0.2, 0) is 16.6 Å². The Morgan fingerprint density at radius 1 is 1.04 bits per heavy atom. The topological polar surface area (TPSA) is 32.3 Å². The third kappa shape index (κ3) is 4.36. The third-order valence-corrected chi connectivity index (χ3v) is 6.56. The monoisotopic (exact) mass is 384 g/mol. The predicted octanol–water partition coefficient (Wildman–Crippen LogP) is 4.09. The summed E-state index contributed by atoms with van der Waals surface area (Å²) in [7, 11) is 0. The van der Waals surface area contributed by atoms with Crippen molar-refractivity contribution in [2.24, 2.45) is 0 Å². The SMILES string of the molecule is O=C(Nc1ccc(CCN2CCSCC2)cc1)C1(c2ccc(F)cc2)CC1. The number of nitrogens with one attached hydrogen (secondary N) is 1. The van der Waals surface area contributed by atoms with Gasteiger partial charge in [0.15, 0.2) is 0 Å². The van der Waals surface area contributed by atoms with Crippen molar-refractivity contribution in [2.45, 2.75) is 24.7 Å². The number of nitrogens with zero attached hydrogens (tertiary/aromatic N) is 1. The molecule has 1 saturated carbocycles. The van der Waals surface area contributed by atoms with Crippen molar-refractivity contribution in [2.75, 3.05) is 36.5 Å². The second kappa shape index (κ2) is 8.03. The Labute approximate surface area is 164 Å². The molecule has 1 heterocycles. The van der Waals surface area contributed by atoms with Crippen molar-refractivity contribution in [3.63, 3.8) is 0 Å². The van der Waals surface area contributed by atoms with E-state index in [1.807, 2.05) is 23.9 Å². The van der Waals surface area contributed by atoms with Gasteiger partial charge in [-0.2, -0.15) is 11.8 Å². The molecule has 1 amide bonds. The Balaban J connectivity index is 1.34. The van der Waals surface area contributed by atoms with Crippen LogP contribution in [0.2, 0.25) is 0 Å². The number of thioether (sulfide) groups is 1. The maximum Gasteiger partial charge on any atom is 0.235 e. The molecule has 0 bridgehead atoms. The Kier molecular flexibility index (Phi) is 5.50. The summed E-state index contributed by atoms with van der Waals surface area (Å²) in [6.45, 7) is 3.47. The van der Waals surface area contributed by atoms with Gasteiger partial charge in [0, 0.05) is 36.8 Å². The average molecular weight is 385 g/mol. The van der Waals surface area contributed by atoms with Gasteiger partial charge in [0.05, 0.1) is 5.41 Å². The fourth-order valence-corrected chi connectivity index (χ4v) is 4.64. The molecular weight excluding hydrogens is 359 g/mol. The minimum absolute atomic E-state index is 0.00711. The lowest BCUT2D eigenvalue weighted by Gasteiger charge is -2.26. The van der Waals surface area contributed by atoms with E-state index in [0.717, 1.165) is 37.1 Å². The highest BCUT2D eigenvalue weighted by Crippen LogP contribution is 2.49. The van der Waals surface area contributed by atoms with Gasteiger partial charge in [-0.25, -0.2) is 4.39 Å². The lowest BCUT2D eigenvalue weighted by molar-refractivity contribution is -0.118. The molecule has 0 atom stereocenters. The van der Waals surface area contributed by atoms with Crippen LogP contribution in [-0.4, -0.2) is 41.9 Å². The van der Waals surface area contributed by atoms with Crippen molar-refractivity contribution in [3.05, 3.63) is 65.5 Å². The minimum atomic E-state index is -0.487. The second-order valence-electron chi connectivity index (χ2n) is 7.44. The zero-order valence-corrected chi connectivity index (χ0v) is 16.2. The summed E-state index contributed by atoms with van der Waals surface area (Å²) in [6, 6.07) is 14.5. The van der Waals surface area contributed by atoms with Crippen LogP contribution in [0.4, 0.5) is 10.1 Å². The Bertz CT molecular complexity index is 781. The van der Waals surface area contributed by atoms with Gasteiger partial charge >= 0.3 is 0 Å². The highest BCUT2D eigenvalue weighted by Gasteiger charge is 2.51. The van der Waals surface area contributed by atoms with Crippen LogP contribution in [0.5, 0.6) is 0 Å². The van der Waals surface area contributed by atoms with E-state index < -0.39 is 5.41 Å². The lowest BCUT2D eigenvalue weighted by atomic mass is 9.95. The number of carbonyl (C=O) groups is 1. The number of benzene rings is 2. The fourth-order valence-electron chi connectivity index (χ4n) is 3.66. The standard InChI is InChI=1S/C22H25FN2OS/c23-19-5-3-18(4-6-19)22(10-11-22)21(26)24-20-7-1-17(2-8-20)9-12-25-13-15-27-16-14-25/h1-8H,9-16H2,(H,24,26). The van der Waals surface area contributed by atoms with E-state index in [4.69, 9.17) is 0 Å². The number of hydrogen-bond donors (Lipinski definition) is 1. The molecule has 3 nitrogen and oxygen atoms in total. The first-order valence-corrected chi connectivity index (χ1v) is 10.8. The predicted molar refractivity (Wildman–Crippen MR) is 110 cm³/mol. The summed E-state index contributed by atoms with van der Waals surface area (Å²) in [4.78, 5) is 15.3. The van der Waals surface area contributed by atoms with Crippen molar-refractivity contribution >= 4 is 23.4 Å². The molecule has 4 rings (SSSR count). The van der Waals surface area contributed by atoms with Gasteiger partial charge in [-0.15, -0.1) is 0 Å². The van der Waals surface area contributed by atoms with Crippen LogP contribution in [0.15, 0.2) is 48.5 Å². The van der Waals surface area contributed by atoms with Crippen molar-refractivity contribution < 1.29 is 9.18 Å². The van der Waals surface area contributed by atoms with Gasteiger partial charge in [-0.3, -0.25) is 4.79 Å². The van der Waals surface area contributed by atoms with E-state index in [1.54, 1.807) is 12.1 Å². The fraction of sp³-hybridized carbons (Fsp3) is 0.409. The summed E-state index contributed by atoms with van der Waals surface area (Å²) in [5, 5.41) is 3.04. The van der Waals surface area contributed by atoms with Gasteiger partial charge in [0.1, 0.15) is 5.82 Å². The van der Waals surface area contributed by atoms with E-state index in [0.29, 0.717) is 0 Å².